The Morgan fingerprint density at radius 3 is 2.38 bits per heavy atom. The summed E-state index contributed by atoms with van der Waals surface area (Å²) in [5.74, 6) is 0.143. The van der Waals surface area contributed by atoms with Crippen molar-refractivity contribution in [3.8, 4) is 11.1 Å². The predicted molar refractivity (Wildman–Crippen MR) is 167 cm³/mol. The molecular formula is C35H39N5O2. The summed E-state index contributed by atoms with van der Waals surface area (Å²) >= 11 is 0. The number of amides is 2. The molecule has 42 heavy (non-hydrogen) atoms. The molecule has 1 aliphatic heterocycles. The second-order valence-electron chi connectivity index (χ2n) is 10.9. The highest BCUT2D eigenvalue weighted by atomic mass is 16.2. The molecule has 7 nitrogen and oxygen atoms in total. The van der Waals surface area contributed by atoms with Gasteiger partial charge in [-0.1, -0.05) is 42.5 Å². The lowest BCUT2D eigenvalue weighted by molar-refractivity contribution is -0.132. The lowest BCUT2D eigenvalue weighted by atomic mass is 10.0. The second-order valence-corrected chi connectivity index (χ2v) is 10.9. The summed E-state index contributed by atoms with van der Waals surface area (Å²) in [5.41, 5.74) is 6.32. The number of benzene rings is 2. The minimum Gasteiger partial charge on any atom is -0.337 e. The summed E-state index contributed by atoms with van der Waals surface area (Å²) < 4.78 is 0. The first-order valence-corrected chi connectivity index (χ1v) is 14.8. The van der Waals surface area contributed by atoms with Crippen LogP contribution >= 0.6 is 0 Å². The number of rotatable bonds is 7. The maximum absolute atomic E-state index is 13.8. The highest BCUT2D eigenvalue weighted by Gasteiger charge is 2.23. The van der Waals surface area contributed by atoms with Gasteiger partial charge in [0.05, 0.1) is 0 Å². The van der Waals surface area contributed by atoms with Gasteiger partial charge in [0.25, 0.3) is 0 Å². The number of nitrogens with zero attached hydrogens (tertiary/aromatic N) is 5. The molecule has 0 N–H and O–H groups in total. The zero-order chi connectivity index (χ0) is 29.1. The number of aromatic nitrogens is 2. The van der Waals surface area contributed by atoms with Gasteiger partial charge in [-0.3, -0.25) is 24.5 Å². The minimum absolute atomic E-state index is 0.00876. The number of anilines is 1. The third-order valence-corrected chi connectivity index (χ3v) is 7.86. The van der Waals surface area contributed by atoms with Crippen LogP contribution in [0.25, 0.3) is 11.1 Å². The van der Waals surface area contributed by atoms with Crippen LogP contribution in [0.3, 0.4) is 0 Å². The molecule has 5 rings (SSSR count). The first kappa shape index (κ1) is 29.1. The molecule has 7 heteroatoms. The molecule has 2 aromatic carbocycles. The zero-order valence-electron chi connectivity index (χ0n) is 24.4. The van der Waals surface area contributed by atoms with E-state index >= 15 is 0 Å². The first-order valence-electron chi connectivity index (χ1n) is 14.8. The Hall–Kier alpha value is -4.36. The van der Waals surface area contributed by atoms with Gasteiger partial charge in [0.15, 0.2) is 0 Å². The van der Waals surface area contributed by atoms with E-state index in [1.165, 1.54) is 11.1 Å². The number of hydrogen-bond donors (Lipinski definition) is 0. The molecule has 4 aromatic rings. The van der Waals surface area contributed by atoms with Gasteiger partial charge < -0.3 is 9.80 Å². The molecule has 2 aromatic heterocycles. The van der Waals surface area contributed by atoms with Crippen molar-refractivity contribution in [1.29, 1.82) is 0 Å². The topological polar surface area (TPSA) is 69.6 Å². The highest BCUT2D eigenvalue weighted by molar-refractivity contribution is 5.93. The summed E-state index contributed by atoms with van der Waals surface area (Å²) in [6, 6.07) is 24.6. The van der Waals surface area contributed by atoms with E-state index in [9.17, 15) is 9.59 Å². The van der Waals surface area contributed by atoms with Crippen molar-refractivity contribution in [3.63, 3.8) is 0 Å². The maximum atomic E-state index is 13.8. The van der Waals surface area contributed by atoms with Crippen molar-refractivity contribution in [2.45, 2.75) is 45.7 Å². The largest absolute Gasteiger partial charge is 0.337 e. The number of fused-ring (bicyclic) bond motifs is 1. The van der Waals surface area contributed by atoms with Crippen LogP contribution in [0.15, 0.2) is 97.6 Å². The van der Waals surface area contributed by atoms with Crippen LogP contribution in [0.2, 0.25) is 0 Å². The van der Waals surface area contributed by atoms with Gasteiger partial charge in [-0.25, -0.2) is 0 Å². The first-order chi connectivity index (χ1) is 20.6. The molecule has 0 bridgehead atoms. The molecule has 0 radical (unpaired) electrons. The van der Waals surface area contributed by atoms with Crippen LogP contribution in [-0.2, 0) is 29.1 Å². The van der Waals surface area contributed by atoms with E-state index < -0.39 is 0 Å². The molecule has 0 spiro atoms. The molecule has 1 aliphatic rings. The molecule has 3 heterocycles. The smallest absolute Gasteiger partial charge is 0.223 e. The van der Waals surface area contributed by atoms with E-state index in [1.54, 1.807) is 25.5 Å². The van der Waals surface area contributed by atoms with Gasteiger partial charge in [-0.2, -0.15) is 0 Å². The standard InChI is InChI=1S/C35H39N5O2/c1-28(41)40-21-7-20-38(26-30-8-3-2-4-9-30)22-23-39(35(42)12-5-10-29-15-18-36-19-16-29)27-33-24-31(13-14-34(33)40)32-11-6-17-37-25-32/h2-4,6,8-9,11,13-19,24-25H,5,7,10,12,20-23,26-27H2,1H3. The number of carbonyl (C=O) groups is 2. The lowest BCUT2D eigenvalue weighted by Crippen LogP contribution is -2.38. The van der Waals surface area contributed by atoms with Gasteiger partial charge in [0, 0.05) is 83.1 Å². The van der Waals surface area contributed by atoms with E-state index in [2.05, 4.69) is 45.2 Å². The molecule has 0 saturated heterocycles. The van der Waals surface area contributed by atoms with Crippen molar-refractivity contribution < 1.29 is 9.59 Å². The van der Waals surface area contributed by atoms with Crippen LogP contribution < -0.4 is 4.90 Å². The summed E-state index contributed by atoms with van der Waals surface area (Å²) in [5, 5.41) is 0. The van der Waals surface area contributed by atoms with Crippen molar-refractivity contribution in [3.05, 3.63) is 114 Å². The van der Waals surface area contributed by atoms with E-state index in [0.29, 0.717) is 26.1 Å². The lowest BCUT2D eigenvalue weighted by Gasteiger charge is -2.28. The molecular weight excluding hydrogens is 522 g/mol. The number of pyridine rings is 2. The fourth-order valence-electron chi connectivity index (χ4n) is 5.61. The Kier molecular flexibility index (Phi) is 10.1. The Bertz CT molecular complexity index is 1450. The van der Waals surface area contributed by atoms with Gasteiger partial charge in [-0.05, 0) is 77.4 Å². The van der Waals surface area contributed by atoms with Crippen LogP contribution in [0.4, 0.5) is 5.69 Å². The van der Waals surface area contributed by atoms with Crippen LogP contribution in [0, 0.1) is 0 Å². The minimum atomic E-state index is 0.00876. The molecule has 0 saturated carbocycles. The predicted octanol–water partition coefficient (Wildman–Crippen LogP) is 5.75. The van der Waals surface area contributed by atoms with E-state index in [0.717, 1.165) is 61.3 Å². The van der Waals surface area contributed by atoms with Gasteiger partial charge in [0.1, 0.15) is 0 Å². The second kappa shape index (κ2) is 14.5. The molecule has 0 aliphatic carbocycles. The Morgan fingerprint density at radius 2 is 1.62 bits per heavy atom. The van der Waals surface area contributed by atoms with Crippen molar-refractivity contribution in [2.24, 2.45) is 0 Å². The SMILES string of the molecule is CC(=O)N1CCCN(Cc2ccccc2)CCN(C(=O)CCCc2ccncc2)Cc2cc(-c3cccnc3)ccc21. The van der Waals surface area contributed by atoms with Crippen molar-refractivity contribution in [1.82, 2.24) is 19.8 Å². The third kappa shape index (κ3) is 7.89. The normalized spacial score (nSPS) is 14.6. The fraction of sp³-hybridized carbons (Fsp3) is 0.314. The molecule has 216 valence electrons. The van der Waals surface area contributed by atoms with Crippen LogP contribution in [0.5, 0.6) is 0 Å². The number of hydrogen-bond acceptors (Lipinski definition) is 5. The van der Waals surface area contributed by atoms with Crippen LogP contribution in [0.1, 0.15) is 42.9 Å². The molecule has 2 amide bonds. The maximum Gasteiger partial charge on any atom is 0.223 e. The van der Waals surface area contributed by atoms with Crippen molar-refractivity contribution in [2.75, 3.05) is 31.1 Å². The van der Waals surface area contributed by atoms with Crippen molar-refractivity contribution >= 4 is 17.5 Å². The summed E-state index contributed by atoms with van der Waals surface area (Å²) in [6.07, 6.45) is 10.1. The summed E-state index contributed by atoms with van der Waals surface area (Å²) in [7, 11) is 0. The Labute approximate surface area is 248 Å². The third-order valence-electron chi connectivity index (χ3n) is 7.86. The number of carbonyl (C=O) groups excluding carboxylic acids is 2. The van der Waals surface area contributed by atoms with E-state index in [1.807, 2.05) is 58.5 Å². The van der Waals surface area contributed by atoms with Gasteiger partial charge >= 0.3 is 0 Å². The Balaban J connectivity index is 1.43. The highest BCUT2D eigenvalue weighted by Crippen LogP contribution is 2.30. The average molecular weight is 562 g/mol. The molecule has 0 fully saturated rings. The van der Waals surface area contributed by atoms with Gasteiger partial charge in [0.2, 0.25) is 11.8 Å². The quantitative estimate of drug-likeness (QED) is 0.287. The number of aryl methyl sites for hydroxylation is 1. The molecule has 0 atom stereocenters. The van der Waals surface area contributed by atoms with E-state index in [4.69, 9.17) is 0 Å². The Morgan fingerprint density at radius 1 is 0.786 bits per heavy atom. The fourth-order valence-corrected chi connectivity index (χ4v) is 5.61. The van der Waals surface area contributed by atoms with Crippen LogP contribution in [-0.4, -0.2) is 57.8 Å². The van der Waals surface area contributed by atoms with E-state index in [-0.39, 0.29) is 11.8 Å². The summed E-state index contributed by atoms with van der Waals surface area (Å²) in [4.78, 5) is 41.4. The zero-order valence-corrected chi connectivity index (χ0v) is 24.4. The van der Waals surface area contributed by atoms with Gasteiger partial charge in [-0.15, -0.1) is 0 Å². The average Bonchev–Trinajstić information content (AvgIpc) is 3.05. The molecule has 0 unspecified atom stereocenters. The summed E-state index contributed by atoms with van der Waals surface area (Å²) in [6.45, 7) is 5.73. The monoisotopic (exact) mass is 561 g/mol.